The molecule has 0 saturated carbocycles. The molecule has 0 aromatic carbocycles. The molecule has 6 nitrogen and oxygen atoms in total. The summed E-state index contributed by atoms with van der Waals surface area (Å²) in [6, 6.07) is -0.677. The highest BCUT2D eigenvalue weighted by Gasteiger charge is 2.24. The molecule has 0 radical (unpaired) electrons. The zero-order valence-electron chi connectivity index (χ0n) is 8.85. The van der Waals surface area contributed by atoms with Crippen LogP contribution in [0.5, 0.6) is 0 Å². The molecule has 0 bridgehead atoms. The van der Waals surface area contributed by atoms with Gasteiger partial charge in [0.15, 0.2) is 5.78 Å². The summed E-state index contributed by atoms with van der Waals surface area (Å²) < 4.78 is 5.85. The third-order valence-corrected chi connectivity index (χ3v) is 1.99. The van der Waals surface area contributed by atoms with Crippen LogP contribution in [0.4, 0.5) is 0 Å². The normalized spacial score (nSPS) is 12.3. The van der Waals surface area contributed by atoms with Gasteiger partial charge in [-0.1, -0.05) is 0 Å². The van der Waals surface area contributed by atoms with Gasteiger partial charge in [-0.25, -0.2) is 4.79 Å². The summed E-state index contributed by atoms with van der Waals surface area (Å²) in [5.74, 6) is -0.928. The van der Waals surface area contributed by atoms with Crippen molar-refractivity contribution in [3.63, 3.8) is 0 Å². The Morgan fingerprint density at radius 2 is 2.20 bits per heavy atom. The molecule has 1 unspecified atom stereocenters. The molecule has 0 aliphatic carbocycles. The minimum absolute atomic E-state index is 0.141. The summed E-state index contributed by atoms with van der Waals surface area (Å²) in [6.45, 7) is 1.55. The van der Waals surface area contributed by atoms with E-state index in [-0.39, 0.29) is 17.0 Å². The summed E-state index contributed by atoms with van der Waals surface area (Å²) in [4.78, 5) is 23.0. The molecule has 1 rings (SSSR count). The monoisotopic (exact) mass is 211 g/mol. The van der Waals surface area contributed by atoms with Crippen molar-refractivity contribution < 1.29 is 14.3 Å². The van der Waals surface area contributed by atoms with Gasteiger partial charge in [0, 0.05) is 7.05 Å². The Morgan fingerprint density at radius 3 is 2.67 bits per heavy atom. The van der Waals surface area contributed by atoms with E-state index in [1.165, 1.54) is 18.0 Å². The number of aromatic nitrogens is 2. The van der Waals surface area contributed by atoms with Crippen molar-refractivity contribution in [1.29, 1.82) is 0 Å². The van der Waals surface area contributed by atoms with Crippen LogP contribution in [0.15, 0.2) is 6.20 Å². The molecule has 0 saturated heterocycles. The van der Waals surface area contributed by atoms with Crippen LogP contribution >= 0.6 is 0 Å². The number of Topliss-reactive ketones (excluding diaryl/α,β-unsaturated/α-hetero) is 1. The van der Waals surface area contributed by atoms with Crippen LogP contribution in [-0.2, 0) is 11.8 Å². The van der Waals surface area contributed by atoms with Gasteiger partial charge in [0.25, 0.3) is 0 Å². The summed E-state index contributed by atoms with van der Waals surface area (Å²) in [5, 5.41) is 3.83. The highest BCUT2D eigenvalue weighted by Crippen LogP contribution is 2.10. The average molecular weight is 211 g/mol. The first kappa shape index (κ1) is 11.4. The van der Waals surface area contributed by atoms with Crippen molar-refractivity contribution >= 4 is 11.8 Å². The van der Waals surface area contributed by atoms with E-state index in [1.807, 2.05) is 0 Å². The molecule has 82 valence electrons. The SMILES string of the molecule is COC(=O)c1cnn(C)c1C(=O)C(C)N. The lowest BCUT2D eigenvalue weighted by Gasteiger charge is -2.06. The van der Waals surface area contributed by atoms with Gasteiger partial charge in [-0.05, 0) is 6.92 Å². The van der Waals surface area contributed by atoms with Gasteiger partial charge in [-0.15, -0.1) is 0 Å². The molecule has 0 fully saturated rings. The molecular formula is C9H13N3O3. The number of aryl methyl sites for hydroxylation is 1. The van der Waals surface area contributed by atoms with Crippen molar-refractivity contribution in [3.8, 4) is 0 Å². The number of hydrogen-bond donors (Lipinski definition) is 1. The number of nitrogens with two attached hydrogens (primary N) is 1. The second-order valence-electron chi connectivity index (χ2n) is 3.17. The Bertz CT molecular complexity index is 395. The average Bonchev–Trinajstić information content (AvgIpc) is 2.57. The number of methoxy groups -OCH3 is 1. The third kappa shape index (κ3) is 2.04. The van der Waals surface area contributed by atoms with E-state index in [0.29, 0.717) is 0 Å². The zero-order valence-corrected chi connectivity index (χ0v) is 8.85. The number of nitrogens with zero attached hydrogens (tertiary/aromatic N) is 2. The van der Waals surface area contributed by atoms with Crippen LogP contribution < -0.4 is 5.73 Å². The van der Waals surface area contributed by atoms with E-state index in [4.69, 9.17) is 5.73 Å². The highest BCUT2D eigenvalue weighted by molar-refractivity contribution is 6.07. The Kier molecular flexibility index (Phi) is 3.21. The van der Waals surface area contributed by atoms with Gasteiger partial charge < -0.3 is 10.5 Å². The number of ether oxygens (including phenoxy) is 1. The van der Waals surface area contributed by atoms with E-state index in [9.17, 15) is 9.59 Å². The molecule has 15 heavy (non-hydrogen) atoms. The Labute approximate surface area is 87.0 Å². The van der Waals surface area contributed by atoms with Gasteiger partial charge in [0.05, 0.1) is 19.3 Å². The second kappa shape index (κ2) is 4.22. The van der Waals surface area contributed by atoms with Gasteiger partial charge in [0.1, 0.15) is 11.3 Å². The molecule has 0 aliphatic rings. The smallest absolute Gasteiger partial charge is 0.341 e. The lowest BCUT2D eigenvalue weighted by atomic mass is 10.1. The quantitative estimate of drug-likeness (QED) is 0.549. The molecule has 1 heterocycles. The van der Waals surface area contributed by atoms with Crippen LogP contribution in [0, 0.1) is 0 Å². The van der Waals surface area contributed by atoms with Gasteiger partial charge in [-0.2, -0.15) is 5.10 Å². The van der Waals surface area contributed by atoms with Crippen LogP contribution in [0.2, 0.25) is 0 Å². The van der Waals surface area contributed by atoms with Crippen molar-refractivity contribution in [2.24, 2.45) is 12.8 Å². The van der Waals surface area contributed by atoms with Crippen LogP contribution in [-0.4, -0.2) is 34.7 Å². The number of carbonyl (C=O) groups is 2. The topological polar surface area (TPSA) is 87.2 Å². The number of ketones is 1. The predicted molar refractivity (Wildman–Crippen MR) is 52.5 cm³/mol. The van der Waals surface area contributed by atoms with Crippen molar-refractivity contribution in [3.05, 3.63) is 17.5 Å². The minimum Gasteiger partial charge on any atom is -0.465 e. The van der Waals surface area contributed by atoms with Gasteiger partial charge >= 0.3 is 5.97 Å². The molecular weight excluding hydrogens is 198 g/mol. The molecule has 6 heteroatoms. The van der Waals surface area contributed by atoms with Crippen LogP contribution in [0.25, 0.3) is 0 Å². The first-order valence-electron chi connectivity index (χ1n) is 4.39. The Morgan fingerprint density at radius 1 is 1.60 bits per heavy atom. The molecule has 2 N–H and O–H groups in total. The highest BCUT2D eigenvalue weighted by atomic mass is 16.5. The number of hydrogen-bond acceptors (Lipinski definition) is 5. The molecule has 0 spiro atoms. The van der Waals surface area contributed by atoms with E-state index < -0.39 is 12.0 Å². The van der Waals surface area contributed by atoms with Crippen LogP contribution in [0.1, 0.15) is 27.8 Å². The van der Waals surface area contributed by atoms with Crippen molar-refractivity contribution in [2.45, 2.75) is 13.0 Å². The maximum absolute atomic E-state index is 11.7. The van der Waals surface area contributed by atoms with Crippen molar-refractivity contribution in [1.82, 2.24) is 9.78 Å². The standard InChI is InChI=1S/C9H13N3O3/c1-5(10)8(13)7-6(9(14)15-3)4-11-12(7)2/h4-5H,10H2,1-3H3. The van der Waals surface area contributed by atoms with Crippen molar-refractivity contribution in [2.75, 3.05) is 7.11 Å². The number of carbonyl (C=O) groups excluding carboxylic acids is 2. The number of esters is 1. The second-order valence-corrected chi connectivity index (χ2v) is 3.17. The molecule has 0 aliphatic heterocycles. The predicted octanol–water partition coefficient (Wildman–Crippen LogP) is -0.263. The van der Waals surface area contributed by atoms with Gasteiger partial charge in [-0.3, -0.25) is 9.48 Å². The summed E-state index contributed by atoms with van der Waals surface area (Å²) in [6.07, 6.45) is 1.29. The number of rotatable bonds is 3. The Balaban J connectivity index is 3.21. The Hall–Kier alpha value is -1.69. The van der Waals surface area contributed by atoms with E-state index in [0.717, 1.165) is 0 Å². The lowest BCUT2D eigenvalue weighted by molar-refractivity contribution is 0.0596. The van der Waals surface area contributed by atoms with Crippen LogP contribution in [0.3, 0.4) is 0 Å². The summed E-state index contributed by atoms with van der Waals surface area (Å²) in [5.41, 5.74) is 5.78. The largest absolute Gasteiger partial charge is 0.465 e. The van der Waals surface area contributed by atoms with Gasteiger partial charge in [0.2, 0.25) is 0 Å². The third-order valence-electron chi connectivity index (χ3n) is 1.99. The van der Waals surface area contributed by atoms with E-state index in [2.05, 4.69) is 9.84 Å². The molecule has 1 atom stereocenters. The maximum Gasteiger partial charge on any atom is 0.341 e. The fraction of sp³-hybridized carbons (Fsp3) is 0.444. The first-order chi connectivity index (χ1) is 6.99. The summed E-state index contributed by atoms with van der Waals surface area (Å²) in [7, 11) is 2.82. The summed E-state index contributed by atoms with van der Waals surface area (Å²) >= 11 is 0. The first-order valence-corrected chi connectivity index (χ1v) is 4.39. The fourth-order valence-corrected chi connectivity index (χ4v) is 1.20. The minimum atomic E-state index is -0.677. The maximum atomic E-state index is 11.7. The fourth-order valence-electron chi connectivity index (χ4n) is 1.20. The van der Waals surface area contributed by atoms with E-state index in [1.54, 1.807) is 14.0 Å². The van der Waals surface area contributed by atoms with E-state index >= 15 is 0 Å². The molecule has 1 aromatic heterocycles. The zero-order chi connectivity index (χ0) is 11.6. The molecule has 1 aromatic rings. The molecule has 0 amide bonds. The lowest BCUT2D eigenvalue weighted by Crippen LogP contribution is -2.30.